The fourth-order valence-corrected chi connectivity index (χ4v) is 8.70. The van der Waals surface area contributed by atoms with Gasteiger partial charge < -0.3 is 78.1 Å². The van der Waals surface area contributed by atoms with Gasteiger partial charge in [-0.1, -0.05) is 0 Å². The third kappa shape index (κ3) is 16.3. The Morgan fingerprint density at radius 1 is 0.280 bits per heavy atom. The first-order chi connectivity index (χ1) is 39.5. The Bertz CT molecular complexity index is 2530. The number of carbonyl (C=O) groups is 8. The van der Waals surface area contributed by atoms with Gasteiger partial charge in [-0.15, -0.1) is 0 Å². The lowest BCUT2D eigenvalue weighted by Gasteiger charge is -2.25. The molecule has 4 amide bonds. The number of amides is 4. The molecule has 0 heterocycles. The predicted molar refractivity (Wildman–Crippen MR) is 295 cm³/mol. The molecule has 0 aliphatic carbocycles. The summed E-state index contributed by atoms with van der Waals surface area (Å²) in [6, 6.07) is 11.3. The fourth-order valence-electron chi connectivity index (χ4n) is 8.70. The van der Waals surface area contributed by atoms with E-state index >= 15 is 0 Å². The van der Waals surface area contributed by atoms with Crippen LogP contribution in [-0.4, -0.2) is 208 Å². The third-order valence-electron chi connectivity index (χ3n) is 12.7. The molecule has 446 valence electrons. The maximum Gasteiger partial charge on any atom is 0.341 e. The van der Waals surface area contributed by atoms with Crippen LogP contribution in [0.25, 0.3) is 0 Å². The van der Waals surface area contributed by atoms with E-state index in [4.69, 9.17) is 56.8 Å². The molecule has 4 rings (SSSR count). The van der Waals surface area contributed by atoms with Crippen LogP contribution in [0, 0.1) is 0 Å². The molecule has 0 aliphatic rings. The topological polar surface area (TPSA) is 302 Å². The summed E-state index contributed by atoms with van der Waals surface area (Å²) in [5.74, 6) is -4.61. The Balaban J connectivity index is 1.56. The number of benzene rings is 4. The Labute approximate surface area is 475 Å². The normalized spacial score (nSPS) is 10.7. The molecule has 0 aliphatic heterocycles. The highest BCUT2D eigenvalue weighted by molar-refractivity contribution is 6.04. The SMILES string of the molecule is COC(=O)c1ccc(C(=O)NCCN(CCCCN(CCNC(=O)c2ccc(C(=O)OC)c(OC)c2OC)CCNC(=O)c2ccc(C(=O)OC)c(OC)c2OC)CCNC(=O)c2ccc(C(=O)OC)c(OC)c2OC)c(OC)c1OC. The van der Waals surface area contributed by atoms with Crippen molar-refractivity contribution in [3.05, 3.63) is 93.0 Å². The van der Waals surface area contributed by atoms with Crippen LogP contribution in [0.2, 0.25) is 0 Å². The molecule has 82 heavy (non-hydrogen) atoms. The second kappa shape index (κ2) is 32.9. The Hall–Kier alpha value is -9.04. The second-order valence-electron chi connectivity index (χ2n) is 17.3. The molecule has 4 aromatic carbocycles. The molecular weight excluding hydrogens is 1080 g/mol. The van der Waals surface area contributed by atoms with Crippen molar-refractivity contribution in [3.63, 3.8) is 0 Å². The number of nitrogens with one attached hydrogen (secondary N) is 4. The van der Waals surface area contributed by atoms with Crippen molar-refractivity contribution < 1.29 is 95.2 Å². The van der Waals surface area contributed by atoms with Crippen molar-refractivity contribution >= 4 is 47.5 Å². The molecule has 0 saturated carbocycles. The lowest BCUT2D eigenvalue weighted by atomic mass is 10.1. The standard InChI is InChI=1S/C56H72N6O20/c1-71-41-33(15-19-37(45(41)75-5)53(67)79-9)49(63)57-23-29-61(30-24-58-50(64)34-16-20-38(54(68)80-10)46(76-6)42(34)72-2)27-13-14-28-62(31-25-59-51(65)35-17-21-39(55(69)81-11)47(77-7)43(35)73-3)32-26-60-52(66)36-18-22-40(56(70)82-12)48(78-8)44(36)74-4/h15-22H,13-14,23-32H2,1-12H3,(H,57,63)(H,58,64)(H,59,65)(H,60,66). The molecule has 0 fully saturated rings. The van der Waals surface area contributed by atoms with Crippen molar-refractivity contribution in [1.82, 2.24) is 31.1 Å². The van der Waals surface area contributed by atoms with Crippen LogP contribution in [0.1, 0.15) is 95.7 Å². The van der Waals surface area contributed by atoms with E-state index in [0.717, 1.165) is 0 Å². The minimum Gasteiger partial charge on any atom is -0.492 e. The van der Waals surface area contributed by atoms with E-state index in [1.807, 2.05) is 9.80 Å². The zero-order chi connectivity index (χ0) is 60.5. The Kier molecular flexibility index (Phi) is 26.3. The molecule has 0 bridgehead atoms. The zero-order valence-electron chi connectivity index (χ0n) is 48.2. The number of methoxy groups -OCH3 is 12. The summed E-state index contributed by atoms with van der Waals surface area (Å²) in [6.45, 7) is 2.68. The molecule has 0 spiro atoms. The Morgan fingerprint density at radius 2 is 0.451 bits per heavy atom. The molecular formula is C56H72N6O20. The van der Waals surface area contributed by atoms with Crippen LogP contribution in [0.5, 0.6) is 46.0 Å². The van der Waals surface area contributed by atoms with Gasteiger partial charge in [-0.2, -0.15) is 0 Å². The number of hydrogen-bond donors (Lipinski definition) is 4. The summed E-state index contributed by atoms with van der Waals surface area (Å²) >= 11 is 0. The van der Waals surface area contributed by atoms with Gasteiger partial charge in [0.1, 0.15) is 22.3 Å². The highest BCUT2D eigenvalue weighted by atomic mass is 16.6. The number of nitrogens with zero attached hydrogens (tertiary/aromatic N) is 2. The summed E-state index contributed by atoms with van der Waals surface area (Å²) in [4.78, 5) is 108. The van der Waals surface area contributed by atoms with Crippen LogP contribution < -0.4 is 59.2 Å². The third-order valence-corrected chi connectivity index (χ3v) is 12.7. The van der Waals surface area contributed by atoms with Crippen molar-refractivity contribution in [1.29, 1.82) is 0 Å². The van der Waals surface area contributed by atoms with E-state index in [0.29, 0.717) is 52.1 Å². The summed E-state index contributed by atoms with van der Waals surface area (Å²) in [6.07, 6.45) is 1.18. The molecule has 0 saturated heterocycles. The maximum atomic E-state index is 13.7. The van der Waals surface area contributed by atoms with Crippen molar-refractivity contribution in [2.24, 2.45) is 0 Å². The van der Waals surface area contributed by atoms with Crippen LogP contribution in [-0.2, 0) is 18.9 Å². The van der Waals surface area contributed by atoms with Crippen molar-refractivity contribution in [3.8, 4) is 46.0 Å². The summed E-state index contributed by atoms with van der Waals surface area (Å²) in [7, 11) is 15.6. The monoisotopic (exact) mass is 1150 g/mol. The molecule has 4 N–H and O–H groups in total. The predicted octanol–water partition coefficient (Wildman–Crippen LogP) is 3.31. The number of hydrogen-bond acceptors (Lipinski definition) is 22. The fraction of sp³-hybridized carbons (Fsp3) is 0.429. The summed E-state index contributed by atoms with van der Waals surface area (Å²) < 4.78 is 63.2. The molecule has 0 atom stereocenters. The molecule has 0 radical (unpaired) electrons. The highest BCUT2D eigenvalue weighted by Gasteiger charge is 2.28. The van der Waals surface area contributed by atoms with E-state index in [1.165, 1.54) is 134 Å². The highest BCUT2D eigenvalue weighted by Crippen LogP contribution is 2.38. The van der Waals surface area contributed by atoms with E-state index in [1.54, 1.807) is 0 Å². The lowest BCUT2D eigenvalue weighted by Crippen LogP contribution is -2.41. The maximum absolute atomic E-state index is 13.7. The van der Waals surface area contributed by atoms with Crippen LogP contribution in [0.3, 0.4) is 0 Å². The van der Waals surface area contributed by atoms with Gasteiger partial charge in [0.25, 0.3) is 23.6 Å². The number of rotatable bonds is 33. The van der Waals surface area contributed by atoms with Gasteiger partial charge >= 0.3 is 23.9 Å². The van der Waals surface area contributed by atoms with Gasteiger partial charge in [0, 0.05) is 52.4 Å². The minimum atomic E-state index is -0.686. The van der Waals surface area contributed by atoms with Crippen LogP contribution >= 0.6 is 0 Å². The molecule has 4 aromatic rings. The largest absolute Gasteiger partial charge is 0.492 e. The molecule has 0 aromatic heterocycles. The summed E-state index contributed by atoms with van der Waals surface area (Å²) in [5, 5.41) is 11.6. The van der Waals surface area contributed by atoms with E-state index < -0.39 is 47.5 Å². The summed E-state index contributed by atoms with van der Waals surface area (Å²) in [5.41, 5.74) is 0.659. The number of unbranched alkanes of at least 4 members (excludes halogenated alkanes) is 1. The van der Waals surface area contributed by atoms with Crippen LogP contribution in [0.15, 0.2) is 48.5 Å². The lowest BCUT2D eigenvalue weighted by molar-refractivity contribution is 0.0587. The smallest absolute Gasteiger partial charge is 0.341 e. The average molecular weight is 1150 g/mol. The first-order valence-electron chi connectivity index (χ1n) is 25.4. The first-order valence-corrected chi connectivity index (χ1v) is 25.4. The van der Waals surface area contributed by atoms with Crippen molar-refractivity contribution in [2.75, 3.05) is 151 Å². The van der Waals surface area contributed by atoms with Gasteiger partial charge in [-0.25, -0.2) is 19.2 Å². The minimum absolute atomic E-state index is 0.0210. The molecule has 0 unspecified atom stereocenters. The molecule has 26 heteroatoms. The average Bonchev–Trinajstić information content (AvgIpc) is 3.68. The number of esters is 4. The molecule has 26 nitrogen and oxygen atoms in total. The van der Waals surface area contributed by atoms with Gasteiger partial charge in [0.15, 0.2) is 46.0 Å². The van der Waals surface area contributed by atoms with Crippen LogP contribution in [0.4, 0.5) is 0 Å². The first kappa shape index (κ1) is 65.5. The van der Waals surface area contributed by atoms with Gasteiger partial charge in [-0.05, 0) is 74.5 Å². The number of carbonyl (C=O) groups excluding carboxylic acids is 8. The van der Waals surface area contributed by atoms with Gasteiger partial charge in [0.05, 0.1) is 108 Å². The van der Waals surface area contributed by atoms with E-state index in [2.05, 4.69) is 21.3 Å². The zero-order valence-corrected chi connectivity index (χ0v) is 48.2. The van der Waals surface area contributed by atoms with E-state index in [-0.39, 0.29) is 117 Å². The number of ether oxygens (including phenoxy) is 12. The van der Waals surface area contributed by atoms with Crippen molar-refractivity contribution in [2.45, 2.75) is 12.8 Å². The Morgan fingerprint density at radius 3 is 0.622 bits per heavy atom. The quantitative estimate of drug-likeness (QED) is 0.0302. The van der Waals surface area contributed by atoms with E-state index in [9.17, 15) is 38.4 Å². The van der Waals surface area contributed by atoms with Gasteiger partial charge in [-0.3, -0.25) is 29.0 Å². The second-order valence-corrected chi connectivity index (χ2v) is 17.3. The van der Waals surface area contributed by atoms with Gasteiger partial charge in [0.2, 0.25) is 0 Å².